The fourth-order valence-corrected chi connectivity index (χ4v) is 2.44. The minimum Gasteiger partial charge on any atom is -0.395 e. The van der Waals surface area contributed by atoms with Gasteiger partial charge in [-0.25, -0.2) is 0 Å². The van der Waals surface area contributed by atoms with Gasteiger partial charge in [0.2, 0.25) is 0 Å². The second-order valence-corrected chi connectivity index (χ2v) is 5.36. The maximum Gasteiger partial charge on any atom is 0.265 e. The first-order valence-electron chi connectivity index (χ1n) is 5.96. The van der Waals surface area contributed by atoms with Crippen molar-refractivity contribution in [2.24, 2.45) is 0 Å². The second kappa shape index (κ2) is 7.11. The molecule has 0 aliphatic rings. The van der Waals surface area contributed by atoms with Crippen molar-refractivity contribution in [3.63, 3.8) is 0 Å². The van der Waals surface area contributed by atoms with Gasteiger partial charge in [0.15, 0.2) is 0 Å². The molecule has 0 bridgehead atoms. The lowest BCUT2D eigenvalue weighted by Gasteiger charge is -2.04. The highest BCUT2D eigenvalue weighted by Gasteiger charge is 2.10. The highest BCUT2D eigenvalue weighted by atomic mass is 35.5. The van der Waals surface area contributed by atoms with Crippen molar-refractivity contribution in [3.8, 4) is 11.8 Å². The number of aliphatic hydroxyl groups excluding tert-OH is 1. The van der Waals surface area contributed by atoms with Gasteiger partial charge in [0, 0.05) is 6.42 Å². The fraction of sp³-hybridized carbons (Fsp3) is 0.133. The third kappa shape index (κ3) is 3.84. The molecule has 0 aliphatic carbocycles. The first-order chi connectivity index (χ1) is 9.70. The molecule has 1 aromatic heterocycles. The molecule has 1 amide bonds. The van der Waals surface area contributed by atoms with Gasteiger partial charge in [0.1, 0.15) is 0 Å². The Kier molecular flexibility index (Phi) is 5.19. The van der Waals surface area contributed by atoms with E-state index in [1.165, 1.54) is 11.3 Å². The standard InChI is InChI=1S/C15H12ClNO2S/c16-12-6-1-2-7-13(12)17-15(19)14-9-8-11(20-14)5-3-4-10-18/h1-2,6-9,18H,4,10H2,(H,17,19). The molecule has 0 unspecified atom stereocenters. The SMILES string of the molecule is O=C(Nc1ccccc1Cl)c1ccc(C#CCCO)s1. The van der Waals surface area contributed by atoms with E-state index < -0.39 is 0 Å². The number of carbonyl (C=O) groups excluding carboxylic acids is 1. The molecule has 0 saturated carbocycles. The Morgan fingerprint density at radius 3 is 2.85 bits per heavy atom. The number of nitrogens with one attached hydrogen (secondary N) is 1. The lowest BCUT2D eigenvalue weighted by molar-refractivity contribution is 0.103. The first-order valence-corrected chi connectivity index (χ1v) is 7.15. The molecular weight excluding hydrogens is 294 g/mol. The zero-order valence-electron chi connectivity index (χ0n) is 10.5. The molecule has 0 spiro atoms. The van der Waals surface area contributed by atoms with E-state index in [-0.39, 0.29) is 12.5 Å². The van der Waals surface area contributed by atoms with E-state index in [1.807, 2.05) is 6.07 Å². The summed E-state index contributed by atoms with van der Waals surface area (Å²) in [5.74, 6) is 5.51. The summed E-state index contributed by atoms with van der Waals surface area (Å²) in [6, 6.07) is 10.6. The second-order valence-electron chi connectivity index (χ2n) is 3.87. The van der Waals surface area contributed by atoms with Crippen molar-refractivity contribution in [1.82, 2.24) is 0 Å². The monoisotopic (exact) mass is 305 g/mol. The number of anilines is 1. The van der Waals surface area contributed by atoms with E-state index in [4.69, 9.17) is 16.7 Å². The number of amides is 1. The lowest BCUT2D eigenvalue weighted by Crippen LogP contribution is -2.10. The Morgan fingerprint density at radius 1 is 1.30 bits per heavy atom. The first kappa shape index (κ1) is 14.6. The minimum absolute atomic E-state index is 0.0399. The van der Waals surface area contributed by atoms with Crippen LogP contribution in [0.2, 0.25) is 5.02 Å². The van der Waals surface area contributed by atoms with Crippen molar-refractivity contribution in [3.05, 3.63) is 51.2 Å². The molecule has 102 valence electrons. The van der Waals surface area contributed by atoms with E-state index in [2.05, 4.69) is 17.2 Å². The summed E-state index contributed by atoms with van der Waals surface area (Å²) in [5, 5.41) is 11.9. The van der Waals surface area contributed by atoms with Crippen molar-refractivity contribution in [2.75, 3.05) is 11.9 Å². The zero-order chi connectivity index (χ0) is 14.4. The van der Waals surface area contributed by atoms with Crippen molar-refractivity contribution in [2.45, 2.75) is 6.42 Å². The van der Waals surface area contributed by atoms with Crippen LogP contribution in [-0.2, 0) is 0 Å². The van der Waals surface area contributed by atoms with Gasteiger partial charge in [-0.3, -0.25) is 4.79 Å². The molecule has 2 aromatic rings. The van der Waals surface area contributed by atoms with Crippen molar-refractivity contribution in [1.29, 1.82) is 0 Å². The van der Waals surface area contributed by atoms with Crippen LogP contribution in [0.15, 0.2) is 36.4 Å². The molecule has 0 fully saturated rings. The van der Waals surface area contributed by atoms with Gasteiger partial charge in [0.25, 0.3) is 5.91 Å². The van der Waals surface area contributed by atoms with Crippen LogP contribution in [0.1, 0.15) is 21.0 Å². The van der Waals surface area contributed by atoms with Crippen molar-refractivity contribution < 1.29 is 9.90 Å². The summed E-state index contributed by atoms with van der Waals surface area (Å²) >= 11 is 7.29. The highest BCUT2D eigenvalue weighted by Crippen LogP contribution is 2.23. The number of thiophene rings is 1. The van der Waals surface area contributed by atoms with Crippen LogP contribution in [0.3, 0.4) is 0 Å². The molecule has 2 rings (SSSR count). The van der Waals surface area contributed by atoms with Crippen LogP contribution in [0.5, 0.6) is 0 Å². The maximum absolute atomic E-state index is 12.1. The van der Waals surface area contributed by atoms with Crippen molar-refractivity contribution >= 4 is 34.5 Å². The summed E-state index contributed by atoms with van der Waals surface area (Å²) in [5.41, 5.74) is 0.584. The fourth-order valence-electron chi connectivity index (χ4n) is 1.48. The van der Waals surface area contributed by atoms with E-state index in [0.29, 0.717) is 22.0 Å². The average Bonchev–Trinajstić information content (AvgIpc) is 2.91. The smallest absolute Gasteiger partial charge is 0.265 e. The average molecular weight is 306 g/mol. The zero-order valence-corrected chi connectivity index (χ0v) is 12.1. The summed E-state index contributed by atoms with van der Waals surface area (Å²) in [6.07, 6.45) is 0.430. The number of halogens is 1. The summed E-state index contributed by atoms with van der Waals surface area (Å²) in [4.78, 5) is 13.4. The van der Waals surface area contributed by atoms with Gasteiger partial charge in [-0.1, -0.05) is 35.6 Å². The highest BCUT2D eigenvalue weighted by molar-refractivity contribution is 7.14. The number of rotatable bonds is 3. The normalized spacial score (nSPS) is 9.70. The predicted molar refractivity (Wildman–Crippen MR) is 82.3 cm³/mol. The topological polar surface area (TPSA) is 49.3 Å². The third-order valence-electron chi connectivity index (χ3n) is 2.40. The summed E-state index contributed by atoms with van der Waals surface area (Å²) in [7, 11) is 0. The van der Waals surface area contributed by atoms with Crippen LogP contribution < -0.4 is 5.32 Å². The number of benzene rings is 1. The van der Waals surface area contributed by atoms with E-state index in [0.717, 1.165) is 4.88 Å². The van der Waals surface area contributed by atoms with Gasteiger partial charge in [-0.05, 0) is 24.3 Å². The quantitative estimate of drug-likeness (QED) is 0.854. The molecule has 5 heteroatoms. The number of carbonyl (C=O) groups is 1. The van der Waals surface area contributed by atoms with E-state index in [9.17, 15) is 4.79 Å². The largest absolute Gasteiger partial charge is 0.395 e. The van der Waals surface area contributed by atoms with Gasteiger partial charge < -0.3 is 10.4 Å². The van der Waals surface area contributed by atoms with E-state index in [1.54, 1.807) is 30.3 Å². The molecule has 0 atom stereocenters. The Labute approximate surface area is 126 Å². The molecule has 3 nitrogen and oxygen atoms in total. The maximum atomic E-state index is 12.1. The minimum atomic E-state index is -0.210. The Bertz CT molecular complexity index is 670. The summed E-state index contributed by atoms with van der Waals surface area (Å²) < 4.78 is 0. The van der Waals surface area contributed by atoms with Crippen LogP contribution in [0.25, 0.3) is 0 Å². The lowest BCUT2D eigenvalue weighted by atomic mass is 10.3. The summed E-state index contributed by atoms with van der Waals surface area (Å²) in [6.45, 7) is 0.0399. The van der Waals surface area contributed by atoms with Gasteiger partial charge >= 0.3 is 0 Å². The Hall–Kier alpha value is -1.80. The number of hydrogen-bond donors (Lipinski definition) is 2. The van der Waals surface area contributed by atoms with Crippen LogP contribution in [0.4, 0.5) is 5.69 Å². The van der Waals surface area contributed by atoms with Gasteiger partial charge in [-0.2, -0.15) is 0 Å². The molecule has 0 saturated heterocycles. The van der Waals surface area contributed by atoms with Gasteiger partial charge in [-0.15, -0.1) is 11.3 Å². The van der Waals surface area contributed by atoms with Gasteiger partial charge in [0.05, 0.1) is 27.1 Å². The van der Waals surface area contributed by atoms with Crippen LogP contribution >= 0.6 is 22.9 Å². The molecule has 1 aromatic carbocycles. The molecule has 1 heterocycles. The number of para-hydroxylation sites is 1. The van der Waals surface area contributed by atoms with E-state index >= 15 is 0 Å². The Balaban J connectivity index is 2.07. The third-order valence-corrected chi connectivity index (χ3v) is 3.73. The Morgan fingerprint density at radius 2 is 2.10 bits per heavy atom. The predicted octanol–water partition coefficient (Wildman–Crippen LogP) is 3.39. The molecule has 20 heavy (non-hydrogen) atoms. The van der Waals surface area contributed by atoms with Crippen LogP contribution in [-0.4, -0.2) is 17.6 Å². The number of hydrogen-bond acceptors (Lipinski definition) is 3. The number of aliphatic hydroxyl groups is 1. The van der Waals surface area contributed by atoms with Crippen LogP contribution in [0, 0.1) is 11.8 Å². The molecule has 0 radical (unpaired) electrons. The molecule has 2 N–H and O–H groups in total. The molecule has 0 aliphatic heterocycles. The molecular formula is C15H12ClNO2S.